The average Bonchev–Trinajstić information content (AvgIpc) is 3.45. The molecular formula is C73H132O6. The summed E-state index contributed by atoms with van der Waals surface area (Å²) >= 11 is 0. The highest BCUT2D eigenvalue weighted by atomic mass is 16.6. The summed E-state index contributed by atoms with van der Waals surface area (Å²) in [7, 11) is 0. The van der Waals surface area contributed by atoms with Gasteiger partial charge in [0.2, 0.25) is 0 Å². The van der Waals surface area contributed by atoms with E-state index in [1.165, 1.54) is 231 Å². The van der Waals surface area contributed by atoms with Crippen molar-refractivity contribution in [2.45, 2.75) is 374 Å². The van der Waals surface area contributed by atoms with E-state index in [4.69, 9.17) is 14.2 Å². The molecule has 0 N–H and O–H groups in total. The summed E-state index contributed by atoms with van der Waals surface area (Å²) in [6.07, 6.45) is 86.7. The first kappa shape index (κ1) is 76.1. The third-order valence-corrected chi connectivity index (χ3v) is 15.5. The van der Waals surface area contributed by atoms with Crippen molar-refractivity contribution in [3.8, 4) is 0 Å². The third-order valence-electron chi connectivity index (χ3n) is 15.5. The predicted molar refractivity (Wildman–Crippen MR) is 344 cm³/mol. The fourth-order valence-electron chi connectivity index (χ4n) is 10.4. The number of rotatable bonds is 64. The smallest absolute Gasteiger partial charge is 0.306 e. The lowest BCUT2D eigenvalue weighted by Crippen LogP contribution is -2.30. The minimum absolute atomic E-state index is 0.0723. The molecule has 460 valence electrons. The van der Waals surface area contributed by atoms with Gasteiger partial charge in [0.15, 0.2) is 6.10 Å². The molecule has 0 aromatic heterocycles. The lowest BCUT2D eigenvalue weighted by Gasteiger charge is -2.18. The predicted octanol–water partition coefficient (Wildman–Crippen LogP) is 23.9. The maximum Gasteiger partial charge on any atom is 0.306 e. The van der Waals surface area contributed by atoms with Crippen molar-refractivity contribution in [1.29, 1.82) is 0 Å². The molecule has 0 saturated heterocycles. The van der Waals surface area contributed by atoms with Crippen LogP contribution < -0.4 is 0 Å². The van der Waals surface area contributed by atoms with E-state index < -0.39 is 6.10 Å². The van der Waals surface area contributed by atoms with Crippen molar-refractivity contribution in [1.82, 2.24) is 0 Å². The van der Waals surface area contributed by atoms with Crippen LogP contribution in [0.1, 0.15) is 367 Å². The van der Waals surface area contributed by atoms with Gasteiger partial charge < -0.3 is 14.2 Å². The minimum atomic E-state index is -0.777. The first-order chi connectivity index (χ1) is 39.0. The number of hydrogen-bond donors (Lipinski definition) is 0. The summed E-state index contributed by atoms with van der Waals surface area (Å²) in [6, 6.07) is 0. The normalized spacial score (nSPS) is 12.4. The number of carbonyl (C=O) groups is 3. The summed E-state index contributed by atoms with van der Waals surface area (Å²) in [6.45, 7) is 6.59. The van der Waals surface area contributed by atoms with Gasteiger partial charge in [-0.3, -0.25) is 14.4 Å². The molecule has 0 bridgehead atoms. The topological polar surface area (TPSA) is 78.9 Å². The summed E-state index contributed by atoms with van der Waals surface area (Å²) in [5.41, 5.74) is 0. The van der Waals surface area contributed by atoms with Gasteiger partial charge in [-0.25, -0.2) is 0 Å². The number of ether oxygens (including phenoxy) is 3. The van der Waals surface area contributed by atoms with Gasteiger partial charge in [0.05, 0.1) is 0 Å². The van der Waals surface area contributed by atoms with Crippen LogP contribution in [0.25, 0.3) is 0 Å². The zero-order valence-electron chi connectivity index (χ0n) is 52.9. The Kier molecular flexibility index (Phi) is 65.1. The van der Waals surface area contributed by atoms with Crippen molar-refractivity contribution < 1.29 is 28.6 Å². The van der Waals surface area contributed by atoms with E-state index in [0.717, 1.165) is 96.3 Å². The SMILES string of the molecule is CC/C=C\C/C=C\C/C=C\C/C=C\C/C=C\CCCCCCCCCC(=O)OCC(COC(=O)CCCCCCCCCCCCCCCCC)OC(=O)CCCCCCCCCCCCCCCCCCCCCCCCC. The molecule has 0 spiro atoms. The summed E-state index contributed by atoms with van der Waals surface area (Å²) in [5, 5.41) is 0. The van der Waals surface area contributed by atoms with E-state index in [2.05, 4.69) is 81.5 Å². The van der Waals surface area contributed by atoms with Gasteiger partial charge in [-0.15, -0.1) is 0 Å². The fourth-order valence-corrected chi connectivity index (χ4v) is 10.4. The van der Waals surface area contributed by atoms with Crippen molar-refractivity contribution in [2.75, 3.05) is 13.2 Å². The molecule has 0 amide bonds. The Balaban J connectivity index is 4.32. The monoisotopic (exact) mass is 1110 g/mol. The second kappa shape index (κ2) is 67.6. The summed E-state index contributed by atoms with van der Waals surface area (Å²) in [5.74, 6) is -0.857. The Morgan fingerprint density at radius 3 is 0.772 bits per heavy atom. The molecule has 0 saturated carbocycles. The highest BCUT2D eigenvalue weighted by Crippen LogP contribution is 2.18. The number of hydrogen-bond acceptors (Lipinski definition) is 6. The summed E-state index contributed by atoms with van der Waals surface area (Å²) < 4.78 is 17.0. The lowest BCUT2D eigenvalue weighted by atomic mass is 10.0. The van der Waals surface area contributed by atoms with E-state index in [1.807, 2.05) is 0 Å². The van der Waals surface area contributed by atoms with Gasteiger partial charge in [-0.05, 0) is 64.2 Å². The van der Waals surface area contributed by atoms with Crippen molar-refractivity contribution in [2.24, 2.45) is 0 Å². The van der Waals surface area contributed by atoms with Crippen molar-refractivity contribution in [3.05, 3.63) is 60.8 Å². The molecule has 0 aliphatic heterocycles. The quantitative estimate of drug-likeness (QED) is 0.0261. The summed E-state index contributed by atoms with van der Waals surface area (Å²) in [4.78, 5) is 38.4. The first-order valence-corrected chi connectivity index (χ1v) is 34.8. The van der Waals surface area contributed by atoms with Gasteiger partial charge in [0.1, 0.15) is 13.2 Å². The van der Waals surface area contributed by atoms with E-state index in [1.54, 1.807) is 0 Å². The zero-order chi connectivity index (χ0) is 57.1. The van der Waals surface area contributed by atoms with Crippen LogP contribution in [0.5, 0.6) is 0 Å². The van der Waals surface area contributed by atoms with Crippen LogP contribution in [-0.2, 0) is 28.6 Å². The molecule has 1 atom stereocenters. The van der Waals surface area contributed by atoms with Gasteiger partial charge in [-0.1, -0.05) is 345 Å². The zero-order valence-corrected chi connectivity index (χ0v) is 52.9. The Labute approximate surface area is 491 Å². The molecule has 79 heavy (non-hydrogen) atoms. The van der Waals surface area contributed by atoms with Crippen LogP contribution in [0.3, 0.4) is 0 Å². The number of carbonyl (C=O) groups excluding carboxylic acids is 3. The van der Waals surface area contributed by atoms with Gasteiger partial charge >= 0.3 is 17.9 Å². The van der Waals surface area contributed by atoms with E-state index >= 15 is 0 Å². The van der Waals surface area contributed by atoms with Crippen LogP contribution in [0.4, 0.5) is 0 Å². The largest absolute Gasteiger partial charge is 0.462 e. The average molecular weight is 1110 g/mol. The van der Waals surface area contributed by atoms with Gasteiger partial charge in [0, 0.05) is 19.3 Å². The maximum atomic E-state index is 13.0. The first-order valence-electron chi connectivity index (χ1n) is 34.8. The molecular weight excluding hydrogens is 973 g/mol. The van der Waals surface area contributed by atoms with Gasteiger partial charge in [-0.2, -0.15) is 0 Å². The standard InChI is InChI=1S/C73H132O6/c1-4-7-10-13-16-19-22-25-28-30-32-34-36-38-40-42-45-48-51-54-57-60-63-66-72(75)78-69-70(68-77-71(74)65-62-59-56-53-50-47-44-27-24-21-18-15-12-9-6-3)79-73(76)67-64-61-58-55-52-49-46-43-41-39-37-35-33-31-29-26-23-20-17-14-11-8-5-2/h7,10,16,19,25,28,32,34,38,40,70H,4-6,8-9,11-15,17-18,20-24,26-27,29-31,33,35-37,39,41-69H2,1-3H3/b10-7-,19-16-,28-25-,34-32-,40-38-. The van der Waals surface area contributed by atoms with Crippen LogP contribution >= 0.6 is 0 Å². The van der Waals surface area contributed by atoms with Crippen molar-refractivity contribution in [3.63, 3.8) is 0 Å². The molecule has 6 heteroatoms. The molecule has 0 fully saturated rings. The number of allylic oxidation sites excluding steroid dienone is 10. The highest BCUT2D eigenvalue weighted by molar-refractivity contribution is 5.71. The molecule has 0 aliphatic rings. The highest BCUT2D eigenvalue weighted by Gasteiger charge is 2.19. The van der Waals surface area contributed by atoms with Crippen LogP contribution in [0, 0.1) is 0 Å². The molecule has 6 nitrogen and oxygen atoms in total. The molecule has 0 aromatic rings. The van der Waals surface area contributed by atoms with Crippen LogP contribution in [-0.4, -0.2) is 37.2 Å². The molecule has 0 aromatic carbocycles. The molecule has 0 heterocycles. The Hall–Kier alpha value is -2.89. The Morgan fingerprint density at radius 2 is 0.494 bits per heavy atom. The van der Waals surface area contributed by atoms with Gasteiger partial charge in [0.25, 0.3) is 0 Å². The molecule has 0 aliphatic carbocycles. The molecule has 0 rings (SSSR count). The molecule has 0 radical (unpaired) electrons. The number of unbranched alkanes of at least 4 members (excludes halogenated alkanes) is 43. The van der Waals surface area contributed by atoms with Crippen LogP contribution in [0.15, 0.2) is 60.8 Å². The minimum Gasteiger partial charge on any atom is -0.462 e. The van der Waals surface area contributed by atoms with E-state index in [9.17, 15) is 14.4 Å². The van der Waals surface area contributed by atoms with Crippen LogP contribution in [0.2, 0.25) is 0 Å². The second-order valence-electron chi connectivity index (χ2n) is 23.4. The lowest BCUT2D eigenvalue weighted by molar-refractivity contribution is -0.167. The van der Waals surface area contributed by atoms with E-state index in [0.29, 0.717) is 19.3 Å². The number of esters is 3. The van der Waals surface area contributed by atoms with E-state index in [-0.39, 0.29) is 31.1 Å². The van der Waals surface area contributed by atoms with Crippen molar-refractivity contribution >= 4 is 17.9 Å². The fraction of sp³-hybridized carbons (Fsp3) is 0.822. The Morgan fingerprint density at radius 1 is 0.266 bits per heavy atom. The maximum absolute atomic E-state index is 13.0. The third kappa shape index (κ3) is 65.8. The molecule has 1 unspecified atom stereocenters. The second-order valence-corrected chi connectivity index (χ2v) is 23.4. The Bertz CT molecular complexity index is 1410.